The number of carboxylic acid groups (broad SMARTS) is 1. The van der Waals surface area contributed by atoms with Gasteiger partial charge in [-0.15, -0.1) is 11.8 Å². The van der Waals surface area contributed by atoms with E-state index in [9.17, 15) is 19.8 Å². The van der Waals surface area contributed by atoms with Crippen molar-refractivity contribution >= 4 is 29.3 Å². The summed E-state index contributed by atoms with van der Waals surface area (Å²) in [6.07, 6.45) is 4.60. The van der Waals surface area contributed by atoms with Gasteiger partial charge in [-0.05, 0) is 37.7 Å². The number of carbonyl (C=O) groups excluding carboxylic acids is 2. The van der Waals surface area contributed by atoms with Gasteiger partial charge in [0.2, 0.25) is 5.91 Å². The molecule has 0 radical (unpaired) electrons. The molecule has 2 aliphatic heterocycles. The smallest absolute Gasteiger partial charge is 0.543 e. The van der Waals surface area contributed by atoms with Crippen LogP contribution >= 0.6 is 11.8 Å². The number of carboxylic acids is 1. The predicted molar refractivity (Wildman–Crippen MR) is 103 cm³/mol. The fourth-order valence-corrected chi connectivity index (χ4v) is 5.58. The largest absolute Gasteiger partial charge is 1.00 e. The van der Waals surface area contributed by atoms with Gasteiger partial charge in [-0.25, -0.2) is 4.98 Å². The first kappa shape index (κ1) is 22.4. The summed E-state index contributed by atoms with van der Waals surface area (Å²) >= 11 is 1.48. The van der Waals surface area contributed by atoms with Crippen LogP contribution in [-0.4, -0.2) is 49.2 Å². The number of amides is 1. The third-order valence-corrected chi connectivity index (χ3v) is 7.02. The molecule has 7 nitrogen and oxygen atoms in total. The van der Waals surface area contributed by atoms with E-state index in [0.29, 0.717) is 4.91 Å². The van der Waals surface area contributed by atoms with Gasteiger partial charge in [0.1, 0.15) is 5.65 Å². The van der Waals surface area contributed by atoms with Crippen molar-refractivity contribution in [2.75, 3.05) is 5.75 Å². The number of aliphatic hydroxyl groups excluding tert-OH is 1. The van der Waals surface area contributed by atoms with Gasteiger partial charge in [-0.1, -0.05) is 13.0 Å². The molecule has 1 amide bonds. The maximum Gasteiger partial charge on any atom is 1.00 e. The van der Waals surface area contributed by atoms with E-state index in [1.54, 1.807) is 13.1 Å². The minimum absolute atomic E-state index is 0. The van der Waals surface area contributed by atoms with Crippen molar-refractivity contribution < 1.29 is 49.4 Å². The molecule has 2 aromatic rings. The van der Waals surface area contributed by atoms with Crippen LogP contribution in [0.1, 0.15) is 26.0 Å². The number of aryl methyl sites for hydroxylation is 1. The van der Waals surface area contributed by atoms with E-state index < -0.39 is 18.0 Å². The first-order valence-electron chi connectivity index (χ1n) is 9.42. The number of fused-ring (bicyclic) bond motifs is 2. The number of hydrogen-bond donors (Lipinski definition) is 1. The number of β-lactam (4-membered cyclic amide) rings is 1. The topological polar surface area (TPSA) is 98.0 Å². The molecule has 4 atom stereocenters. The number of pyridine rings is 1. The molecular formula is C20H22N3NaO4S. The van der Waals surface area contributed by atoms with Crippen LogP contribution in [0.4, 0.5) is 0 Å². The first-order valence-corrected chi connectivity index (χ1v) is 10.4. The molecule has 29 heavy (non-hydrogen) atoms. The second-order valence-corrected chi connectivity index (χ2v) is 8.52. The van der Waals surface area contributed by atoms with E-state index in [2.05, 4.69) is 11.1 Å². The number of thioether (sulfide) groups is 1. The summed E-state index contributed by atoms with van der Waals surface area (Å²) in [4.78, 5) is 30.3. The number of aliphatic carboxylic acids is 1. The maximum absolute atomic E-state index is 12.3. The van der Waals surface area contributed by atoms with Gasteiger partial charge in [0.15, 0.2) is 0 Å². The van der Waals surface area contributed by atoms with E-state index in [1.165, 1.54) is 16.7 Å². The van der Waals surface area contributed by atoms with Crippen molar-refractivity contribution in [1.29, 1.82) is 0 Å². The number of aromatic nitrogens is 2. The summed E-state index contributed by atoms with van der Waals surface area (Å²) in [7, 11) is 0. The summed E-state index contributed by atoms with van der Waals surface area (Å²) < 4.78 is 2.05. The Bertz CT molecular complexity index is 974. The van der Waals surface area contributed by atoms with E-state index in [4.69, 9.17) is 0 Å². The summed E-state index contributed by atoms with van der Waals surface area (Å²) in [5.41, 5.74) is 2.04. The van der Waals surface area contributed by atoms with Gasteiger partial charge in [0.25, 0.3) is 0 Å². The van der Waals surface area contributed by atoms with Crippen LogP contribution < -0.4 is 34.7 Å². The molecule has 0 bridgehead atoms. The predicted octanol–water partition coefficient (Wildman–Crippen LogP) is -2.18. The van der Waals surface area contributed by atoms with Crippen LogP contribution in [0.3, 0.4) is 0 Å². The average Bonchev–Trinajstić information content (AvgIpc) is 3.21. The Hall–Kier alpha value is -1.32. The molecule has 148 valence electrons. The molecule has 3 unspecified atom stereocenters. The molecule has 0 saturated carbocycles. The molecule has 0 aromatic carbocycles. The summed E-state index contributed by atoms with van der Waals surface area (Å²) in [5.74, 6) is -1.57. The Kier molecular flexibility index (Phi) is 6.80. The fourth-order valence-electron chi connectivity index (χ4n) is 4.35. The Morgan fingerprint density at radius 2 is 2.17 bits per heavy atom. The van der Waals surface area contributed by atoms with Gasteiger partial charge < -0.3 is 24.3 Å². The van der Waals surface area contributed by atoms with E-state index in [0.717, 1.165) is 29.9 Å². The van der Waals surface area contributed by atoms with Crippen molar-refractivity contribution in [1.82, 2.24) is 14.3 Å². The normalized spacial score (nSPS) is 24.3. The number of imidazole rings is 1. The van der Waals surface area contributed by atoms with Crippen molar-refractivity contribution in [2.24, 2.45) is 11.8 Å². The van der Waals surface area contributed by atoms with Gasteiger partial charge in [-0.3, -0.25) is 4.79 Å². The zero-order valence-electron chi connectivity index (χ0n) is 16.7. The quantitative estimate of drug-likeness (QED) is 0.309. The average molecular weight is 423 g/mol. The van der Waals surface area contributed by atoms with Crippen LogP contribution in [0.15, 0.2) is 41.2 Å². The molecule has 4 rings (SSSR count). The van der Waals surface area contributed by atoms with Gasteiger partial charge in [0.05, 0.1) is 29.7 Å². The molecule has 9 heteroatoms. The number of carbonyl (C=O) groups is 2. The zero-order chi connectivity index (χ0) is 20.0. The SMILES string of the molecule is CC(O)C1C(=O)N2C(C(=O)[O-])=C(SCCCc3cccc4nccn34)[C@H](C)C12.[Na+]. The van der Waals surface area contributed by atoms with Gasteiger partial charge >= 0.3 is 29.6 Å². The standard InChI is InChI=1S/C20H23N3O4S.Na/c1-11-16-15(12(2)24)19(25)23(16)17(20(26)27)18(11)28-10-4-6-13-5-3-7-14-21-8-9-22(13)14;/h3,5,7-9,11-12,15-16,24H,4,6,10H2,1-2H3,(H,26,27);/q;+1/p-1/t11-,12?,15?,16?;/m1./s1. The Labute approximate surface area is 195 Å². The van der Waals surface area contributed by atoms with Gasteiger partial charge in [0, 0.05) is 28.9 Å². The molecule has 2 aliphatic rings. The summed E-state index contributed by atoms with van der Waals surface area (Å²) in [6, 6.07) is 5.70. The van der Waals surface area contributed by atoms with Crippen LogP contribution in [0, 0.1) is 11.8 Å². The van der Waals surface area contributed by atoms with E-state index in [-0.39, 0.29) is 53.1 Å². The Balaban J connectivity index is 0.00000240. The van der Waals surface area contributed by atoms with E-state index in [1.807, 2.05) is 29.7 Å². The number of aliphatic hydroxyl groups is 1. The third kappa shape index (κ3) is 3.77. The van der Waals surface area contributed by atoms with Crippen molar-refractivity contribution in [2.45, 2.75) is 38.8 Å². The second kappa shape index (κ2) is 8.81. The van der Waals surface area contributed by atoms with Crippen molar-refractivity contribution in [3.05, 3.63) is 46.9 Å². The molecular weight excluding hydrogens is 401 g/mol. The minimum Gasteiger partial charge on any atom is -0.543 e. The molecule has 2 aromatic heterocycles. The first-order chi connectivity index (χ1) is 13.4. The van der Waals surface area contributed by atoms with Crippen molar-refractivity contribution in [3.63, 3.8) is 0 Å². The monoisotopic (exact) mass is 423 g/mol. The Morgan fingerprint density at radius 3 is 2.86 bits per heavy atom. The van der Waals surface area contributed by atoms with Crippen LogP contribution in [0.25, 0.3) is 5.65 Å². The van der Waals surface area contributed by atoms with Crippen molar-refractivity contribution in [3.8, 4) is 0 Å². The molecule has 4 heterocycles. The molecule has 0 spiro atoms. The molecule has 0 aliphatic carbocycles. The number of hydrogen-bond acceptors (Lipinski definition) is 6. The second-order valence-electron chi connectivity index (χ2n) is 7.38. The summed E-state index contributed by atoms with van der Waals surface area (Å²) in [6.45, 7) is 3.50. The number of nitrogens with zero attached hydrogens (tertiary/aromatic N) is 3. The van der Waals surface area contributed by atoms with Gasteiger partial charge in [-0.2, -0.15) is 0 Å². The van der Waals surface area contributed by atoms with Crippen LogP contribution in [0.5, 0.6) is 0 Å². The van der Waals surface area contributed by atoms with Crippen LogP contribution in [-0.2, 0) is 16.0 Å². The maximum atomic E-state index is 12.3. The number of rotatable bonds is 7. The van der Waals surface area contributed by atoms with Crippen LogP contribution in [0.2, 0.25) is 0 Å². The Morgan fingerprint density at radius 1 is 1.41 bits per heavy atom. The minimum atomic E-state index is -1.32. The fraction of sp³-hybridized carbons (Fsp3) is 0.450. The molecule has 1 saturated heterocycles. The third-order valence-electron chi connectivity index (χ3n) is 5.65. The molecule has 1 N–H and O–H groups in total. The van der Waals surface area contributed by atoms with E-state index >= 15 is 0 Å². The summed E-state index contributed by atoms with van der Waals surface area (Å²) in [5, 5.41) is 21.6. The zero-order valence-corrected chi connectivity index (χ0v) is 19.6. The molecule has 1 fully saturated rings.